The summed E-state index contributed by atoms with van der Waals surface area (Å²) in [5.41, 5.74) is 0.859. The molecule has 90 valence electrons. The van der Waals surface area contributed by atoms with E-state index in [-0.39, 0.29) is 6.61 Å². The van der Waals surface area contributed by atoms with Gasteiger partial charge in [0.05, 0.1) is 0 Å². The summed E-state index contributed by atoms with van der Waals surface area (Å²) in [5, 5.41) is 19.5. The largest absolute Gasteiger partial charge is 0.477 e. The van der Waals surface area contributed by atoms with E-state index in [1.165, 1.54) is 11.3 Å². The predicted octanol–water partition coefficient (Wildman–Crippen LogP) is 1.65. The molecular weight excluding hydrogens is 226 g/mol. The smallest absolute Gasteiger partial charge is 0.346 e. The highest BCUT2D eigenvalue weighted by atomic mass is 32.1. The van der Waals surface area contributed by atoms with Gasteiger partial charge in [0.1, 0.15) is 4.88 Å². The lowest BCUT2D eigenvalue weighted by atomic mass is 10.2. The molecule has 1 aromatic rings. The summed E-state index contributed by atoms with van der Waals surface area (Å²) in [6, 6.07) is 1.86. The lowest BCUT2D eigenvalue weighted by molar-refractivity contribution is 0.0700. The summed E-state index contributed by atoms with van der Waals surface area (Å²) in [5.74, 6) is -0.858. The van der Waals surface area contributed by atoms with Crippen LogP contribution < -0.4 is 0 Å². The van der Waals surface area contributed by atoms with Crippen LogP contribution in [0.3, 0.4) is 0 Å². The van der Waals surface area contributed by atoms with Crippen molar-refractivity contribution in [2.45, 2.75) is 19.9 Å². The Bertz CT molecular complexity index is 338. The summed E-state index contributed by atoms with van der Waals surface area (Å²) in [6.45, 7) is 4.49. The minimum atomic E-state index is -0.858. The minimum absolute atomic E-state index is 0.173. The summed E-state index contributed by atoms with van der Waals surface area (Å²) in [7, 11) is 0. The Kier molecular flexibility index (Phi) is 5.45. The van der Waals surface area contributed by atoms with Crippen molar-refractivity contribution in [3.63, 3.8) is 0 Å². The number of nitrogens with zero attached hydrogens (tertiary/aromatic N) is 1. The number of carbonyl (C=O) groups is 1. The molecule has 0 unspecified atom stereocenters. The molecule has 0 fully saturated rings. The van der Waals surface area contributed by atoms with Crippen molar-refractivity contribution in [1.82, 2.24) is 4.90 Å². The maximum absolute atomic E-state index is 10.9. The standard InChI is InChI=1S/C11H17NO3S/c1-2-12(5-3-6-13)8-9-4-7-16-10(9)11(14)15/h4,7,13H,2-3,5-6,8H2,1H3,(H,14,15). The molecule has 1 heterocycles. The van der Waals surface area contributed by atoms with Crippen LogP contribution in [0.25, 0.3) is 0 Å². The van der Waals surface area contributed by atoms with E-state index in [2.05, 4.69) is 4.90 Å². The first-order valence-electron chi connectivity index (χ1n) is 5.32. The van der Waals surface area contributed by atoms with Crippen LogP contribution in [0.1, 0.15) is 28.6 Å². The van der Waals surface area contributed by atoms with Crippen LogP contribution in [0, 0.1) is 0 Å². The summed E-state index contributed by atoms with van der Waals surface area (Å²) in [4.78, 5) is 13.5. The van der Waals surface area contributed by atoms with Gasteiger partial charge >= 0.3 is 5.97 Å². The van der Waals surface area contributed by atoms with Crippen molar-refractivity contribution in [1.29, 1.82) is 0 Å². The van der Waals surface area contributed by atoms with E-state index in [0.717, 1.165) is 25.1 Å². The fraction of sp³-hybridized carbons (Fsp3) is 0.545. The summed E-state index contributed by atoms with van der Waals surface area (Å²) in [6.07, 6.45) is 0.723. The van der Waals surface area contributed by atoms with E-state index < -0.39 is 5.97 Å². The lowest BCUT2D eigenvalue weighted by Crippen LogP contribution is -2.25. The molecule has 0 saturated heterocycles. The van der Waals surface area contributed by atoms with Crippen molar-refractivity contribution >= 4 is 17.3 Å². The van der Waals surface area contributed by atoms with Crippen molar-refractivity contribution in [3.8, 4) is 0 Å². The third kappa shape index (κ3) is 3.59. The average molecular weight is 243 g/mol. The number of thiophene rings is 1. The first-order chi connectivity index (χ1) is 7.69. The molecule has 16 heavy (non-hydrogen) atoms. The molecule has 5 heteroatoms. The average Bonchev–Trinajstić information content (AvgIpc) is 2.72. The number of carboxylic acid groups (broad SMARTS) is 1. The number of carboxylic acids is 1. The summed E-state index contributed by atoms with van der Waals surface area (Å²) < 4.78 is 0. The molecule has 1 aromatic heterocycles. The minimum Gasteiger partial charge on any atom is -0.477 e. The number of rotatable bonds is 7. The van der Waals surface area contributed by atoms with Gasteiger partial charge in [-0.15, -0.1) is 11.3 Å². The zero-order chi connectivity index (χ0) is 12.0. The third-order valence-electron chi connectivity index (χ3n) is 2.41. The molecule has 0 aliphatic heterocycles. The molecule has 2 N–H and O–H groups in total. The third-order valence-corrected chi connectivity index (χ3v) is 3.36. The van der Waals surface area contributed by atoms with E-state index in [4.69, 9.17) is 10.2 Å². The second-order valence-corrected chi connectivity index (χ2v) is 4.44. The molecule has 0 bridgehead atoms. The zero-order valence-corrected chi connectivity index (χ0v) is 10.2. The number of aliphatic hydroxyl groups is 1. The van der Waals surface area contributed by atoms with Gasteiger partial charge in [-0.3, -0.25) is 4.90 Å². The Labute approximate surface area is 99.1 Å². The quantitative estimate of drug-likeness (QED) is 0.764. The van der Waals surface area contributed by atoms with Gasteiger partial charge in [-0.2, -0.15) is 0 Å². The van der Waals surface area contributed by atoms with Gasteiger partial charge < -0.3 is 10.2 Å². The summed E-state index contributed by atoms with van der Waals surface area (Å²) >= 11 is 1.26. The lowest BCUT2D eigenvalue weighted by Gasteiger charge is -2.19. The van der Waals surface area contributed by atoms with E-state index in [0.29, 0.717) is 11.4 Å². The van der Waals surface area contributed by atoms with E-state index in [1.807, 2.05) is 13.0 Å². The van der Waals surface area contributed by atoms with Crippen molar-refractivity contribution in [3.05, 3.63) is 21.9 Å². The van der Waals surface area contributed by atoms with Crippen molar-refractivity contribution < 1.29 is 15.0 Å². The van der Waals surface area contributed by atoms with Gasteiger partial charge in [-0.25, -0.2) is 4.79 Å². The number of hydrogen-bond donors (Lipinski definition) is 2. The van der Waals surface area contributed by atoms with Gasteiger partial charge in [0.25, 0.3) is 0 Å². The van der Waals surface area contributed by atoms with Crippen LogP contribution >= 0.6 is 11.3 Å². The van der Waals surface area contributed by atoms with Gasteiger partial charge in [0.2, 0.25) is 0 Å². The Hall–Kier alpha value is -0.910. The Morgan fingerprint density at radius 1 is 1.56 bits per heavy atom. The highest BCUT2D eigenvalue weighted by Crippen LogP contribution is 2.18. The molecule has 4 nitrogen and oxygen atoms in total. The van der Waals surface area contributed by atoms with Gasteiger partial charge in [0.15, 0.2) is 0 Å². The van der Waals surface area contributed by atoms with Gasteiger partial charge in [-0.05, 0) is 30.0 Å². The van der Waals surface area contributed by atoms with Crippen LogP contribution in [-0.4, -0.2) is 40.8 Å². The first kappa shape index (κ1) is 13.2. The molecular formula is C11H17NO3S. The second kappa shape index (κ2) is 6.62. The highest BCUT2D eigenvalue weighted by molar-refractivity contribution is 7.12. The van der Waals surface area contributed by atoms with Crippen LogP contribution in [0.15, 0.2) is 11.4 Å². The van der Waals surface area contributed by atoms with Gasteiger partial charge in [0, 0.05) is 19.7 Å². The molecule has 0 amide bonds. The molecule has 0 radical (unpaired) electrons. The number of aromatic carboxylic acids is 1. The Balaban J connectivity index is 2.62. The van der Waals surface area contributed by atoms with Crippen molar-refractivity contribution in [2.75, 3.05) is 19.7 Å². The maximum atomic E-state index is 10.9. The second-order valence-electron chi connectivity index (χ2n) is 3.53. The molecule has 0 aromatic carbocycles. The van der Waals surface area contributed by atoms with Gasteiger partial charge in [-0.1, -0.05) is 6.92 Å². The highest BCUT2D eigenvalue weighted by Gasteiger charge is 2.13. The molecule has 0 spiro atoms. The molecule has 0 saturated carbocycles. The number of hydrogen-bond acceptors (Lipinski definition) is 4. The molecule has 0 atom stereocenters. The van der Waals surface area contributed by atoms with Crippen LogP contribution in [0.5, 0.6) is 0 Å². The predicted molar refractivity (Wildman–Crippen MR) is 63.9 cm³/mol. The van der Waals surface area contributed by atoms with Crippen LogP contribution in [0.4, 0.5) is 0 Å². The Morgan fingerprint density at radius 2 is 2.31 bits per heavy atom. The topological polar surface area (TPSA) is 60.8 Å². The fourth-order valence-corrected chi connectivity index (χ4v) is 2.29. The number of aliphatic hydroxyl groups excluding tert-OH is 1. The van der Waals surface area contributed by atoms with Crippen LogP contribution in [-0.2, 0) is 6.54 Å². The SMILES string of the molecule is CCN(CCCO)Cc1ccsc1C(=O)O. The molecule has 1 rings (SSSR count). The fourth-order valence-electron chi connectivity index (χ4n) is 1.53. The first-order valence-corrected chi connectivity index (χ1v) is 6.19. The molecule has 0 aliphatic rings. The Morgan fingerprint density at radius 3 is 2.88 bits per heavy atom. The van der Waals surface area contributed by atoms with Crippen LogP contribution in [0.2, 0.25) is 0 Å². The van der Waals surface area contributed by atoms with Crippen molar-refractivity contribution in [2.24, 2.45) is 0 Å². The zero-order valence-electron chi connectivity index (χ0n) is 9.35. The van der Waals surface area contributed by atoms with E-state index >= 15 is 0 Å². The monoisotopic (exact) mass is 243 g/mol. The molecule has 0 aliphatic carbocycles. The van der Waals surface area contributed by atoms with E-state index in [1.54, 1.807) is 5.38 Å². The normalized spacial score (nSPS) is 10.9. The van der Waals surface area contributed by atoms with E-state index in [9.17, 15) is 4.79 Å². The maximum Gasteiger partial charge on any atom is 0.346 e.